The van der Waals surface area contributed by atoms with Crippen LogP contribution in [0.3, 0.4) is 0 Å². The minimum atomic E-state index is -0.265. The van der Waals surface area contributed by atoms with E-state index in [0.29, 0.717) is 28.6 Å². The first-order valence-corrected chi connectivity index (χ1v) is 11.4. The number of carbonyl (C=O) groups excluding carboxylic acids is 1. The Hall–Kier alpha value is -1.85. The first kappa shape index (κ1) is 23.8. The predicted molar refractivity (Wildman–Crippen MR) is 127 cm³/mol. The largest absolute Gasteiger partial charge is 0.381 e. The molecule has 1 unspecified atom stereocenters. The Bertz CT molecular complexity index is 880. The van der Waals surface area contributed by atoms with E-state index in [1.165, 1.54) is 5.56 Å². The zero-order chi connectivity index (χ0) is 22.3. The van der Waals surface area contributed by atoms with E-state index in [4.69, 9.17) is 32.7 Å². The van der Waals surface area contributed by atoms with E-state index >= 15 is 0 Å². The molecule has 2 aromatic carbocycles. The molecule has 0 spiro atoms. The van der Waals surface area contributed by atoms with Crippen LogP contribution in [0, 0.1) is 0 Å². The topological polar surface area (TPSA) is 47.6 Å². The molecule has 166 valence electrons. The molecule has 1 aliphatic heterocycles. The van der Waals surface area contributed by atoms with Crippen LogP contribution in [0.1, 0.15) is 54.6 Å². The molecular weight excluding hydrogens is 433 g/mol. The van der Waals surface area contributed by atoms with Gasteiger partial charge in [-0.2, -0.15) is 0 Å². The summed E-state index contributed by atoms with van der Waals surface area (Å²) in [6.07, 6.45) is 6.56. The van der Waals surface area contributed by atoms with Gasteiger partial charge in [-0.3, -0.25) is 4.79 Å². The minimum Gasteiger partial charge on any atom is -0.381 e. The number of carbonyl (C=O) groups is 1. The van der Waals surface area contributed by atoms with Crippen molar-refractivity contribution in [2.45, 2.75) is 44.8 Å². The average molecular weight is 462 g/mol. The molecule has 4 nitrogen and oxygen atoms in total. The molecule has 6 heteroatoms. The van der Waals surface area contributed by atoms with Gasteiger partial charge in [-0.15, -0.1) is 0 Å². The maximum atomic E-state index is 12.5. The number of hydrogen-bond donors (Lipinski definition) is 1. The van der Waals surface area contributed by atoms with Crippen LogP contribution in [0.2, 0.25) is 10.0 Å². The molecule has 3 rings (SSSR count). The van der Waals surface area contributed by atoms with Gasteiger partial charge < -0.3 is 14.8 Å². The lowest BCUT2D eigenvalue weighted by atomic mass is 9.85. The highest BCUT2D eigenvalue weighted by Crippen LogP contribution is 2.36. The molecule has 0 aliphatic carbocycles. The van der Waals surface area contributed by atoms with Crippen LogP contribution in [0.5, 0.6) is 0 Å². The number of ether oxygens (including phenoxy) is 2. The van der Waals surface area contributed by atoms with Crippen LogP contribution >= 0.6 is 23.2 Å². The van der Waals surface area contributed by atoms with Gasteiger partial charge >= 0.3 is 0 Å². The molecule has 2 aromatic rings. The van der Waals surface area contributed by atoms with Crippen LogP contribution in [-0.2, 0) is 15.1 Å². The molecule has 0 bridgehead atoms. The Labute approximate surface area is 194 Å². The molecular formula is C25H29Cl2NO3. The lowest BCUT2D eigenvalue weighted by molar-refractivity contribution is -0.112. The quantitative estimate of drug-likeness (QED) is 0.504. The zero-order valence-corrected chi connectivity index (χ0v) is 19.5. The summed E-state index contributed by atoms with van der Waals surface area (Å²) < 4.78 is 11.7. The summed E-state index contributed by atoms with van der Waals surface area (Å²) in [7, 11) is 0. The van der Waals surface area contributed by atoms with Crippen molar-refractivity contribution in [3.8, 4) is 0 Å². The Kier molecular flexibility index (Phi) is 8.56. The van der Waals surface area contributed by atoms with Crippen molar-refractivity contribution in [2.24, 2.45) is 0 Å². The smallest absolute Gasteiger partial charge is 0.254 e. The summed E-state index contributed by atoms with van der Waals surface area (Å²) in [6.45, 7) is 6.13. The fourth-order valence-corrected chi connectivity index (χ4v) is 4.44. The van der Waals surface area contributed by atoms with Crippen molar-refractivity contribution < 1.29 is 14.3 Å². The Morgan fingerprint density at radius 3 is 2.42 bits per heavy atom. The van der Waals surface area contributed by atoms with E-state index in [-0.39, 0.29) is 17.6 Å². The number of halogens is 2. The molecule has 0 saturated carbocycles. The molecule has 0 aromatic heterocycles. The highest BCUT2D eigenvalue weighted by atomic mass is 35.5. The average Bonchev–Trinajstić information content (AvgIpc) is 2.75. The summed E-state index contributed by atoms with van der Waals surface area (Å²) >= 11 is 12.2. The first-order chi connectivity index (χ1) is 14.9. The van der Waals surface area contributed by atoms with E-state index in [0.717, 1.165) is 31.6 Å². The molecule has 1 heterocycles. The third-order valence-electron chi connectivity index (χ3n) is 5.53. The Morgan fingerprint density at radius 2 is 1.81 bits per heavy atom. The van der Waals surface area contributed by atoms with Crippen molar-refractivity contribution in [3.05, 3.63) is 75.3 Å². The summed E-state index contributed by atoms with van der Waals surface area (Å²) in [6, 6.07) is 13.5. The zero-order valence-electron chi connectivity index (χ0n) is 18.0. The number of amides is 1. The van der Waals surface area contributed by atoms with Crippen molar-refractivity contribution in [1.29, 1.82) is 0 Å². The van der Waals surface area contributed by atoms with Gasteiger partial charge in [0.05, 0.1) is 21.2 Å². The monoisotopic (exact) mass is 461 g/mol. The molecule has 1 amide bonds. The van der Waals surface area contributed by atoms with E-state index in [1.807, 2.05) is 13.8 Å². The van der Waals surface area contributed by atoms with Crippen molar-refractivity contribution >= 4 is 35.2 Å². The van der Waals surface area contributed by atoms with E-state index in [9.17, 15) is 4.79 Å². The highest BCUT2D eigenvalue weighted by molar-refractivity contribution is 6.39. The lowest BCUT2D eigenvalue weighted by Crippen LogP contribution is -2.36. The first-order valence-electron chi connectivity index (χ1n) is 10.7. The fourth-order valence-electron chi connectivity index (χ4n) is 3.87. The van der Waals surface area contributed by atoms with Crippen molar-refractivity contribution in [2.75, 3.05) is 19.8 Å². The second kappa shape index (κ2) is 11.1. The second-order valence-corrected chi connectivity index (χ2v) is 8.59. The summed E-state index contributed by atoms with van der Waals surface area (Å²) in [5.74, 6) is -0.265. The number of rotatable bonds is 8. The van der Waals surface area contributed by atoms with Gasteiger partial charge in [0.25, 0.3) is 5.91 Å². The number of hydrogen-bond acceptors (Lipinski definition) is 3. The van der Waals surface area contributed by atoms with Crippen molar-refractivity contribution in [1.82, 2.24) is 5.32 Å². The third-order valence-corrected chi connectivity index (χ3v) is 6.16. The molecule has 1 atom stereocenters. The standard InChI is InChI=1S/C25H29Cl2NO3/c1-3-31-25(14-16-30-17-15-25)20-12-10-19(11-13-20)7-4-6-18(2)28-24(29)23-21(26)8-5-9-22(23)27/h4-5,7-13,18H,3,6,14-17H2,1-2H3,(H,28,29)/b7-4+. The van der Waals surface area contributed by atoms with Gasteiger partial charge in [0, 0.05) is 38.7 Å². The van der Waals surface area contributed by atoms with E-state index in [2.05, 4.69) is 41.7 Å². The second-order valence-electron chi connectivity index (χ2n) is 7.77. The Balaban J connectivity index is 1.57. The SMILES string of the molecule is CCOC1(c2ccc(/C=C/CC(C)NC(=O)c3c(Cl)cccc3Cl)cc2)CCOCC1. The number of nitrogens with one attached hydrogen (secondary N) is 1. The fraction of sp³-hybridized carbons (Fsp3) is 0.400. The van der Waals surface area contributed by atoms with Gasteiger partial charge in [0.15, 0.2) is 0 Å². The lowest BCUT2D eigenvalue weighted by Gasteiger charge is -2.37. The summed E-state index contributed by atoms with van der Waals surface area (Å²) in [5, 5.41) is 3.65. The van der Waals surface area contributed by atoms with E-state index in [1.54, 1.807) is 18.2 Å². The normalized spacial score (nSPS) is 16.9. The van der Waals surface area contributed by atoms with Crippen LogP contribution in [-0.4, -0.2) is 31.8 Å². The molecule has 1 N–H and O–H groups in total. The highest BCUT2D eigenvalue weighted by Gasteiger charge is 2.34. The number of benzene rings is 2. The third kappa shape index (κ3) is 6.11. The maximum Gasteiger partial charge on any atom is 0.254 e. The minimum absolute atomic E-state index is 0.0566. The van der Waals surface area contributed by atoms with Crippen LogP contribution in [0.25, 0.3) is 6.08 Å². The van der Waals surface area contributed by atoms with Gasteiger partial charge in [0.1, 0.15) is 0 Å². The molecule has 0 radical (unpaired) electrons. The van der Waals surface area contributed by atoms with Gasteiger partial charge in [0.2, 0.25) is 0 Å². The molecule has 1 aliphatic rings. The molecule has 31 heavy (non-hydrogen) atoms. The summed E-state index contributed by atoms with van der Waals surface area (Å²) in [4.78, 5) is 12.5. The van der Waals surface area contributed by atoms with Gasteiger partial charge in [-0.1, -0.05) is 65.7 Å². The maximum absolute atomic E-state index is 12.5. The summed E-state index contributed by atoms with van der Waals surface area (Å²) in [5.41, 5.74) is 2.38. The van der Waals surface area contributed by atoms with E-state index < -0.39 is 0 Å². The van der Waals surface area contributed by atoms with Crippen LogP contribution in [0.4, 0.5) is 0 Å². The molecule has 1 fully saturated rings. The van der Waals surface area contributed by atoms with Crippen LogP contribution < -0.4 is 5.32 Å². The Morgan fingerprint density at radius 1 is 1.16 bits per heavy atom. The van der Waals surface area contributed by atoms with Crippen LogP contribution in [0.15, 0.2) is 48.5 Å². The molecule has 1 saturated heterocycles. The predicted octanol–water partition coefficient (Wildman–Crippen LogP) is 6.26. The van der Waals surface area contributed by atoms with Gasteiger partial charge in [-0.05, 0) is 43.5 Å². The van der Waals surface area contributed by atoms with Gasteiger partial charge in [-0.25, -0.2) is 0 Å². The van der Waals surface area contributed by atoms with Crippen molar-refractivity contribution in [3.63, 3.8) is 0 Å².